The van der Waals surface area contributed by atoms with Crippen LogP contribution in [0.25, 0.3) is 0 Å². The Morgan fingerprint density at radius 1 is 0.917 bits per heavy atom. The third kappa shape index (κ3) is 3.98. The Bertz CT molecular complexity index is 814. The molecule has 6 nitrogen and oxygen atoms in total. The van der Waals surface area contributed by atoms with Gasteiger partial charge in [0.05, 0.1) is 6.20 Å². The molecule has 0 bridgehead atoms. The summed E-state index contributed by atoms with van der Waals surface area (Å²) in [6.45, 7) is 2.05. The van der Waals surface area contributed by atoms with Gasteiger partial charge >= 0.3 is 0 Å². The quantitative estimate of drug-likeness (QED) is 0.746. The molecule has 0 aliphatic rings. The summed E-state index contributed by atoms with van der Waals surface area (Å²) in [7, 11) is 4.02. The average Bonchev–Trinajstić information content (AvgIpc) is 2.56. The van der Waals surface area contributed by atoms with Crippen LogP contribution in [0.1, 0.15) is 5.56 Å². The van der Waals surface area contributed by atoms with Crippen LogP contribution in [-0.2, 0) is 0 Å². The molecule has 1 heterocycles. The van der Waals surface area contributed by atoms with E-state index in [4.69, 9.17) is 0 Å². The molecule has 0 saturated carbocycles. The summed E-state index contributed by atoms with van der Waals surface area (Å²) < 4.78 is 0. The van der Waals surface area contributed by atoms with E-state index in [9.17, 15) is 0 Å². The maximum absolute atomic E-state index is 4.44. The topological polar surface area (TPSA) is 66.0 Å². The fourth-order valence-electron chi connectivity index (χ4n) is 2.26. The molecule has 0 spiro atoms. The van der Waals surface area contributed by atoms with Crippen molar-refractivity contribution in [3.63, 3.8) is 0 Å². The Morgan fingerprint density at radius 2 is 1.71 bits per heavy atom. The first kappa shape index (κ1) is 15.7. The van der Waals surface area contributed by atoms with Crippen molar-refractivity contribution in [3.05, 3.63) is 60.3 Å². The number of aromatic nitrogens is 3. The fraction of sp³-hybridized carbons (Fsp3) is 0.167. The van der Waals surface area contributed by atoms with E-state index in [0.29, 0.717) is 11.8 Å². The van der Waals surface area contributed by atoms with Crippen molar-refractivity contribution in [2.45, 2.75) is 6.92 Å². The van der Waals surface area contributed by atoms with E-state index in [1.807, 2.05) is 68.4 Å². The molecule has 0 unspecified atom stereocenters. The second-order valence-electron chi connectivity index (χ2n) is 5.73. The van der Waals surface area contributed by atoms with Crippen LogP contribution in [0.3, 0.4) is 0 Å². The molecule has 0 atom stereocenters. The lowest BCUT2D eigenvalue weighted by atomic mass is 10.2. The standard InChI is InChI=1S/C18H20N6/c1-13-5-4-6-15(11-13)20-17-12-19-23-18(22-17)21-14-7-9-16(10-8-14)24(2)3/h4-12H,1-3H3,(H2,20,21,22,23). The number of aryl methyl sites for hydroxylation is 1. The first-order chi connectivity index (χ1) is 11.6. The van der Waals surface area contributed by atoms with Gasteiger partial charge in [-0.05, 0) is 48.9 Å². The van der Waals surface area contributed by atoms with Gasteiger partial charge in [-0.25, -0.2) is 0 Å². The van der Waals surface area contributed by atoms with E-state index < -0.39 is 0 Å². The monoisotopic (exact) mass is 320 g/mol. The summed E-state index contributed by atoms with van der Waals surface area (Å²) in [6, 6.07) is 16.1. The molecule has 3 rings (SSSR count). The van der Waals surface area contributed by atoms with Crippen molar-refractivity contribution >= 4 is 28.8 Å². The second-order valence-corrected chi connectivity index (χ2v) is 5.73. The molecule has 0 amide bonds. The molecular formula is C18H20N6. The lowest BCUT2D eigenvalue weighted by Gasteiger charge is -2.13. The first-order valence-corrected chi connectivity index (χ1v) is 7.68. The molecule has 0 aliphatic carbocycles. The van der Waals surface area contributed by atoms with Crippen LogP contribution >= 0.6 is 0 Å². The number of nitrogens with zero attached hydrogens (tertiary/aromatic N) is 4. The van der Waals surface area contributed by atoms with Gasteiger partial charge in [0.2, 0.25) is 5.95 Å². The van der Waals surface area contributed by atoms with E-state index >= 15 is 0 Å². The minimum atomic E-state index is 0.449. The number of benzene rings is 2. The van der Waals surface area contributed by atoms with E-state index in [1.54, 1.807) is 6.20 Å². The van der Waals surface area contributed by atoms with Crippen LogP contribution in [0, 0.1) is 6.92 Å². The molecule has 6 heteroatoms. The summed E-state index contributed by atoms with van der Waals surface area (Å²) in [4.78, 5) is 6.49. The minimum Gasteiger partial charge on any atom is -0.378 e. The zero-order valence-electron chi connectivity index (χ0n) is 14.0. The molecule has 0 aliphatic heterocycles. The Morgan fingerprint density at radius 3 is 2.42 bits per heavy atom. The van der Waals surface area contributed by atoms with E-state index in [1.165, 1.54) is 5.56 Å². The van der Waals surface area contributed by atoms with Crippen molar-refractivity contribution < 1.29 is 0 Å². The summed E-state index contributed by atoms with van der Waals surface area (Å²) >= 11 is 0. The highest BCUT2D eigenvalue weighted by molar-refractivity contribution is 5.61. The third-order valence-corrected chi connectivity index (χ3v) is 3.49. The van der Waals surface area contributed by atoms with Gasteiger partial charge in [-0.3, -0.25) is 0 Å². The van der Waals surface area contributed by atoms with Crippen LogP contribution in [0.15, 0.2) is 54.7 Å². The van der Waals surface area contributed by atoms with Crippen molar-refractivity contribution in [2.75, 3.05) is 29.6 Å². The molecule has 3 aromatic rings. The zero-order valence-corrected chi connectivity index (χ0v) is 14.0. The van der Waals surface area contributed by atoms with Gasteiger partial charge in [0.1, 0.15) is 0 Å². The van der Waals surface area contributed by atoms with Gasteiger partial charge in [-0.1, -0.05) is 12.1 Å². The van der Waals surface area contributed by atoms with Gasteiger partial charge < -0.3 is 15.5 Å². The molecule has 24 heavy (non-hydrogen) atoms. The Labute approximate surface area is 141 Å². The largest absolute Gasteiger partial charge is 0.378 e. The molecule has 122 valence electrons. The lowest BCUT2D eigenvalue weighted by Crippen LogP contribution is -2.08. The molecule has 0 radical (unpaired) electrons. The summed E-state index contributed by atoms with van der Waals surface area (Å²) in [5.41, 5.74) is 4.20. The maximum atomic E-state index is 4.44. The van der Waals surface area contributed by atoms with Gasteiger partial charge in [-0.2, -0.15) is 10.1 Å². The highest BCUT2D eigenvalue weighted by atomic mass is 15.3. The molecular weight excluding hydrogens is 300 g/mol. The highest BCUT2D eigenvalue weighted by Gasteiger charge is 2.03. The maximum Gasteiger partial charge on any atom is 0.249 e. The smallest absolute Gasteiger partial charge is 0.249 e. The van der Waals surface area contributed by atoms with Crippen molar-refractivity contribution in [1.82, 2.24) is 15.2 Å². The highest BCUT2D eigenvalue weighted by Crippen LogP contribution is 2.19. The molecule has 0 saturated heterocycles. The number of anilines is 5. The van der Waals surface area contributed by atoms with Crippen LogP contribution in [0.4, 0.5) is 28.8 Å². The normalized spacial score (nSPS) is 10.3. The number of hydrogen-bond donors (Lipinski definition) is 2. The third-order valence-electron chi connectivity index (χ3n) is 3.49. The number of nitrogens with one attached hydrogen (secondary N) is 2. The summed E-state index contributed by atoms with van der Waals surface area (Å²) in [5.74, 6) is 1.09. The Hall–Kier alpha value is -3.15. The van der Waals surface area contributed by atoms with Crippen molar-refractivity contribution in [1.29, 1.82) is 0 Å². The lowest BCUT2D eigenvalue weighted by molar-refractivity contribution is 0.982. The first-order valence-electron chi connectivity index (χ1n) is 7.68. The fourth-order valence-corrected chi connectivity index (χ4v) is 2.26. The van der Waals surface area contributed by atoms with Crippen LogP contribution in [-0.4, -0.2) is 29.3 Å². The van der Waals surface area contributed by atoms with E-state index in [2.05, 4.69) is 31.9 Å². The second kappa shape index (κ2) is 6.95. The van der Waals surface area contributed by atoms with Crippen LogP contribution in [0.2, 0.25) is 0 Å². The zero-order chi connectivity index (χ0) is 16.9. The summed E-state index contributed by atoms with van der Waals surface area (Å²) in [6.07, 6.45) is 1.60. The minimum absolute atomic E-state index is 0.449. The molecule has 0 fully saturated rings. The molecule has 2 aromatic carbocycles. The average molecular weight is 320 g/mol. The number of rotatable bonds is 5. The van der Waals surface area contributed by atoms with E-state index in [0.717, 1.165) is 17.1 Å². The Balaban J connectivity index is 1.73. The van der Waals surface area contributed by atoms with Gasteiger partial charge in [-0.15, -0.1) is 5.10 Å². The SMILES string of the molecule is Cc1cccc(Nc2cnnc(Nc3ccc(N(C)C)cc3)n2)c1. The van der Waals surface area contributed by atoms with Gasteiger partial charge in [0, 0.05) is 31.2 Å². The predicted octanol–water partition coefficient (Wildman–Crippen LogP) is 3.73. The van der Waals surface area contributed by atoms with Crippen LogP contribution < -0.4 is 15.5 Å². The Kier molecular flexibility index (Phi) is 4.56. The van der Waals surface area contributed by atoms with E-state index in [-0.39, 0.29) is 0 Å². The molecule has 2 N–H and O–H groups in total. The number of hydrogen-bond acceptors (Lipinski definition) is 6. The predicted molar refractivity (Wildman–Crippen MR) is 98.3 cm³/mol. The van der Waals surface area contributed by atoms with Crippen molar-refractivity contribution in [2.24, 2.45) is 0 Å². The summed E-state index contributed by atoms with van der Waals surface area (Å²) in [5, 5.41) is 14.4. The van der Waals surface area contributed by atoms with Gasteiger partial charge in [0.25, 0.3) is 0 Å². The van der Waals surface area contributed by atoms with Crippen LogP contribution in [0.5, 0.6) is 0 Å². The molecule has 1 aromatic heterocycles. The van der Waals surface area contributed by atoms with Crippen molar-refractivity contribution in [3.8, 4) is 0 Å². The van der Waals surface area contributed by atoms with Gasteiger partial charge in [0.15, 0.2) is 5.82 Å².